The van der Waals surface area contributed by atoms with E-state index in [2.05, 4.69) is 34.1 Å². The van der Waals surface area contributed by atoms with E-state index in [4.69, 9.17) is 0 Å². The molecule has 2 aromatic heterocycles. The minimum atomic E-state index is 0.866. The van der Waals surface area contributed by atoms with Crippen molar-refractivity contribution in [1.29, 1.82) is 0 Å². The quantitative estimate of drug-likeness (QED) is 0.882. The summed E-state index contributed by atoms with van der Waals surface area (Å²) in [5.41, 5.74) is 2.61. The van der Waals surface area contributed by atoms with Crippen LogP contribution in [0.25, 0.3) is 0 Å². The number of thiophene rings is 1. The summed E-state index contributed by atoms with van der Waals surface area (Å²) >= 11 is 3.55. The maximum absolute atomic E-state index is 4.43. The van der Waals surface area contributed by atoms with Crippen molar-refractivity contribution in [3.05, 3.63) is 38.0 Å². The number of thiazole rings is 1. The molecular formula is C12H16N2S2. The fraction of sp³-hybridized carbons (Fsp3) is 0.417. The predicted octanol–water partition coefficient (Wildman–Crippen LogP) is 3.37. The van der Waals surface area contributed by atoms with Crippen LogP contribution < -0.4 is 5.32 Å². The molecule has 0 fully saturated rings. The topological polar surface area (TPSA) is 24.9 Å². The van der Waals surface area contributed by atoms with Crippen molar-refractivity contribution >= 4 is 22.7 Å². The van der Waals surface area contributed by atoms with Gasteiger partial charge < -0.3 is 5.32 Å². The summed E-state index contributed by atoms with van der Waals surface area (Å²) in [4.78, 5) is 5.88. The lowest BCUT2D eigenvalue weighted by atomic mass is 10.2. The minimum absolute atomic E-state index is 0.866. The molecule has 0 amide bonds. The molecule has 0 atom stereocenters. The van der Waals surface area contributed by atoms with E-state index in [1.807, 2.05) is 18.3 Å². The molecule has 86 valence electrons. The smallest absolute Gasteiger partial charge is 0.0897 e. The van der Waals surface area contributed by atoms with Crippen LogP contribution in [0.5, 0.6) is 0 Å². The van der Waals surface area contributed by atoms with Crippen molar-refractivity contribution in [2.45, 2.75) is 33.4 Å². The second kappa shape index (κ2) is 5.57. The molecule has 16 heavy (non-hydrogen) atoms. The molecule has 4 heteroatoms. The van der Waals surface area contributed by atoms with E-state index < -0.39 is 0 Å². The lowest BCUT2D eigenvalue weighted by Gasteiger charge is -2.02. The molecule has 2 heterocycles. The van der Waals surface area contributed by atoms with Gasteiger partial charge in [-0.1, -0.05) is 6.92 Å². The van der Waals surface area contributed by atoms with Gasteiger partial charge in [0.15, 0.2) is 0 Å². The predicted molar refractivity (Wildman–Crippen MR) is 71.1 cm³/mol. The maximum Gasteiger partial charge on any atom is 0.0897 e. The van der Waals surface area contributed by atoms with Crippen LogP contribution in [0, 0.1) is 6.92 Å². The Morgan fingerprint density at radius 3 is 2.88 bits per heavy atom. The van der Waals surface area contributed by atoms with E-state index >= 15 is 0 Å². The van der Waals surface area contributed by atoms with Crippen LogP contribution in [-0.4, -0.2) is 4.98 Å². The SMILES string of the molecule is CCc1ccsc1CNCc1csc(C)n1. The molecule has 0 bridgehead atoms. The van der Waals surface area contributed by atoms with Crippen molar-refractivity contribution in [3.63, 3.8) is 0 Å². The zero-order valence-electron chi connectivity index (χ0n) is 9.62. The Labute approximate surface area is 104 Å². The first kappa shape index (κ1) is 11.8. The molecule has 0 aliphatic rings. The van der Waals surface area contributed by atoms with E-state index in [1.165, 1.54) is 10.4 Å². The number of rotatable bonds is 5. The van der Waals surface area contributed by atoms with Crippen LogP contribution in [-0.2, 0) is 19.5 Å². The Hall–Kier alpha value is -0.710. The highest BCUT2D eigenvalue weighted by atomic mass is 32.1. The van der Waals surface area contributed by atoms with Crippen LogP contribution in [0.15, 0.2) is 16.8 Å². The third kappa shape index (κ3) is 2.90. The van der Waals surface area contributed by atoms with Crippen LogP contribution in [0.1, 0.15) is 28.1 Å². The van der Waals surface area contributed by atoms with E-state index in [1.54, 1.807) is 11.3 Å². The lowest BCUT2D eigenvalue weighted by Crippen LogP contribution is -2.12. The molecule has 0 radical (unpaired) electrons. The Balaban J connectivity index is 1.84. The number of aromatic nitrogens is 1. The van der Waals surface area contributed by atoms with E-state index in [9.17, 15) is 0 Å². The molecule has 1 N–H and O–H groups in total. The molecule has 0 saturated heterocycles. The summed E-state index contributed by atoms with van der Waals surface area (Å²) < 4.78 is 0. The van der Waals surface area contributed by atoms with Gasteiger partial charge in [0.05, 0.1) is 10.7 Å². The highest BCUT2D eigenvalue weighted by molar-refractivity contribution is 7.10. The average Bonchev–Trinajstić information content (AvgIpc) is 2.87. The van der Waals surface area contributed by atoms with Crippen molar-refractivity contribution in [1.82, 2.24) is 10.3 Å². The number of aryl methyl sites for hydroxylation is 2. The standard InChI is InChI=1S/C12H16N2S2/c1-3-10-4-5-15-12(10)7-13-6-11-8-16-9(2)14-11/h4-5,8,13H,3,6-7H2,1-2H3. The van der Waals surface area contributed by atoms with Gasteiger partial charge in [-0.3, -0.25) is 0 Å². The average molecular weight is 252 g/mol. The Morgan fingerprint density at radius 1 is 1.31 bits per heavy atom. The van der Waals surface area contributed by atoms with Gasteiger partial charge in [0, 0.05) is 23.3 Å². The third-order valence-electron chi connectivity index (χ3n) is 2.48. The van der Waals surface area contributed by atoms with E-state index in [0.717, 1.165) is 30.2 Å². The molecule has 2 rings (SSSR count). The highest BCUT2D eigenvalue weighted by Crippen LogP contribution is 2.17. The Bertz CT molecular complexity index is 445. The van der Waals surface area contributed by atoms with Crippen molar-refractivity contribution in [2.24, 2.45) is 0 Å². The van der Waals surface area contributed by atoms with Crippen LogP contribution in [0.3, 0.4) is 0 Å². The number of nitrogens with one attached hydrogen (secondary N) is 1. The monoisotopic (exact) mass is 252 g/mol. The number of hydrogen-bond acceptors (Lipinski definition) is 4. The summed E-state index contributed by atoms with van der Waals surface area (Å²) in [6.45, 7) is 6.07. The van der Waals surface area contributed by atoms with Crippen LogP contribution >= 0.6 is 22.7 Å². The summed E-state index contributed by atoms with van der Waals surface area (Å²) in [6, 6.07) is 2.22. The number of nitrogens with zero attached hydrogens (tertiary/aromatic N) is 1. The molecule has 0 unspecified atom stereocenters. The van der Waals surface area contributed by atoms with Crippen LogP contribution in [0.4, 0.5) is 0 Å². The summed E-state index contributed by atoms with van der Waals surface area (Å²) in [7, 11) is 0. The molecular weight excluding hydrogens is 236 g/mol. The highest BCUT2D eigenvalue weighted by Gasteiger charge is 2.02. The Kier molecular flexibility index (Phi) is 4.09. The number of hydrogen-bond donors (Lipinski definition) is 1. The third-order valence-corrected chi connectivity index (χ3v) is 4.26. The molecule has 0 aromatic carbocycles. The first-order chi connectivity index (χ1) is 7.79. The first-order valence-electron chi connectivity index (χ1n) is 5.46. The van der Waals surface area contributed by atoms with Gasteiger partial charge in [-0.25, -0.2) is 4.98 Å². The zero-order chi connectivity index (χ0) is 11.4. The second-order valence-electron chi connectivity index (χ2n) is 3.68. The van der Waals surface area contributed by atoms with Gasteiger partial charge in [-0.05, 0) is 30.4 Å². The normalized spacial score (nSPS) is 10.9. The minimum Gasteiger partial charge on any atom is -0.306 e. The zero-order valence-corrected chi connectivity index (χ0v) is 11.3. The maximum atomic E-state index is 4.43. The van der Waals surface area contributed by atoms with Gasteiger partial charge in [0.1, 0.15) is 0 Å². The van der Waals surface area contributed by atoms with Crippen molar-refractivity contribution < 1.29 is 0 Å². The molecule has 2 aromatic rings. The van der Waals surface area contributed by atoms with Crippen LogP contribution in [0.2, 0.25) is 0 Å². The van der Waals surface area contributed by atoms with Crippen molar-refractivity contribution in [3.8, 4) is 0 Å². The Morgan fingerprint density at radius 2 is 2.19 bits per heavy atom. The van der Waals surface area contributed by atoms with E-state index in [0.29, 0.717) is 0 Å². The molecule has 0 aliphatic heterocycles. The lowest BCUT2D eigenvalue weighted by molar-refractivity contribution is 0.685. The summed E-state index contributed by atoms with van der Waals surface area (Å²) in [5, 5.41) is 8.88. The first-order valence-corrected chi connectivity index (χ1v) is 7.22. The van der Waals surface area contributed by atoms with Gasteiger partial charge in [0.25, 0.3) is 0 Å². The van der Waals surface area contributed by atoms with Gasteiger partial charge in [0.2, 0.25) is 0 Å². The van der Waals surface area contributed by atoms with Gasteiger partial charge in [-0.15, -0.1) is 22.7 Å². The largest absolute Gasteiger partial charge is 0.306 e. The van der Waals surface area contributed by atoms with Gasteiger partial charge in [-0.2, -0.15) is 0 Å². The molecule has 2 nitrogen and oxygen atoms in total. The molecule has 0 aliphatic carbocycles. The molecule has 0 spiro atoms. The fourth-order valence-corrected chi connectivity index (χ4v) is 3.19. The summed E-state index contributed by atoms with van der Waals surface area (Å²) in [6.07, 6.45) is 1.12. The van der Waals surface area contributed by atoms with Crippen molar-refractivity contribution in [2.75, 3.05) is 0 Å². The summed E-state index contributed by atoms with van der Waals surface area (Å²) in [5.74, 6) is 0. The van der Waals surface area contributed by atoms with Gasteiger partial charge >= 0.3 is 0 Å². The second-order valence-corrected chi connectivity index (χ2v) is 5.75. The van der Waals surface area contributed by atoms with E-state index in [-0.39, 0.29) is 0 Å². The fourth-order valence-electron chi connectivity index (χ4n) is 1.63. The molecule has 0 saturated carbocycles.